The molecule has 0 aromatic rings. The largest absolute Gasteiger partial charge is 0.353 e. The Bertz CT molecular complexity index is 333. The highest BCUT2D eigenvalue weighted by molar-refractivity contribution is 5.77. The van der Waals surface area contributed by atoms with Crippen LogP contribution in [0, 0.1) is 5.92 Å². The second kappa shape index (κ2) is 6.41. The first-order valence-electron chi connectivity index (χ1n) is 8.20. The number of nitrogens with two attached hydrogens (primary N) is 1. The van der Waals surface area contributed by atoms with Gasteiger partial charge in [-0.1, -0.05) is 0 Å². The maximum atomic E-state index is 11.9. The van der Waals surface area contributed by atoms with Crippen LogP contribution in [0.1, 0.15) is 32.1 Å². The highest BCUT2D eigenvalue weighted by Gasteiger charge is 2.30. The van der Waals surface area contributed by atoms with Crippen molar-refractivity contribution in [1.29, 1.82) is 0 Å². The van der Waals surface area contributed by atoms with Crippen LogP contribution >= 0.6 is 0 Å². The van der Waals surface area contributed by atoms with Crippen molar-refractivity contribution in [2.45, 2.75) is 44.2 Å². The lowest BCUT2D eigenvalue weighted by Gasteiger charge is -2.38. The SMILES string of the molecule is NCC(CC(=O)NC1CC1)N1CCN(CC2CC2)CC1. The summed E-state index contributed by atoms with van der Waals surface area (Å²) < 4.78 is 0. The Morgan fingerprint density at radius 1 is 1.15 bits per heavy atom. The molecule has 2 aliphatic carbocycles. The Kier molecular flexibility index (Phi) is 4.58. The summed E-state index contributed by atoms with van der Waals surface area (Å²) in [6.07, 6.45) is 5.72. The second-order valence-electron chi connectivity index (χ2n) is 6.72. The fourth-order valence-corrected chi connectivity index (χ4v) is 3.07. The summed E-state index contributed by atoms with van der Waals surface area (Å²) >= 11 is 0. The van der Waals surface area contributed by atoms with Gasteiger partial charge in [-0.05, 0) is 31.6 Å². The molecule has 0 bridgehead atoms. The van der Waals surface area contributed by atoms with Crippen LogP contribution in [0.3, 0.4) is 0 Å². The number of nitrogens with zero attached hydrogens (tertiary/aromatic N) is 2. The van der Waals surface area contributed by atoms with Gasteiger partial charge in [0.2, 0.25) is 5.91 Å². The molecule has 1 atom stereocenters. The van der Waals surface area contributed by atoms with Crippen LogP contribution in [0.5, 0.6) is 0 Å². The standard InChI is InChI=1S/C15H28N4O/c16-10-14(9-15(20)17-13-3-4-13)19-7-5-18(6-8-19)11-12-1-2-12/h12-14H,1-11,16H2,(H,17,20). The van der Waals surface area contributed by atoms with Gasteiger partial charge in [-0.2, -0.15) is 0 Å². The summed E-state index contributed by atoms with van der Waals surface area (Å²) in [5.41, 5.74) is 5.89. The van der Waals surface area contributed by atoms with E-state index in [9.17, 15) is 4.79 Å². The van der Waals surface area contributed by atoms with Crippen molar-refractivity contribution in [3.63, 3.8) is 0 Å². The van der Waals surface area contributed by atoms with E-state index in [0.29, 0.717) is 19.0 Å². The van der Waals surface area contributed by atoms with Crippen molar-refractivity contribution in [2.24, 2.45) is 11.7 Å². The minimum atomic E-state index is 0.184. The van der Waals surface area contributed by atoms with Crippen LogP contribution in [0.25, 0.3) is 0 Å². The van der Waals surface area contributed by atoms with Gasteiger partial charge in [0.1, 0.15) is 0 Å². The first-order chi connectivity index (χ1) is 9.74. The summed E-state index contributed by atoms with van der Waals surface area (Å²) in [5, 5.41) is 3.07. The van der Waals surface area contributed by atoms with E-state index in [4.69, 9.17) is 5.73 Å². The predicted octanol–water partition coefficient (Wildman–Crippen LogP) is 0.0100. The monoisotopic (exact) mass is 280 g/mol. The van der Waals surface area contributed by atoms with Crippen molar-refractivity contribution in [1.82, 2.24) is 15.1 Å². The molecule has 0 radical (unpaired) electrons. The molecule has 0 aromatic heterocycles. The van der Waals surface area contributed by atoms with Crippen molar-refractivity contribution < 1.29 is 4.79 Å². The van der Waals surface area contributed by atoms with Gasteiger partial charge in [0.25, 0.3) is 0 Å². The number of rotatable bonds is 7. The van der Waals surface area contributed by atoms with Crippen molar-refractivity contribution in [3.05, 3.63) is 0 Å². The zero-order valence-corrected chi connectivity index (χ0v) is 12.4. The van der Waals surface area contributed by atoms with E-state index < -0.39 is 0 Å². The lowest BCUT2D eigenvalue weighted by Crippen LogP contribution is -2.53. The average molecular weight is 280 g/mol. The third-order valence-electron chi connectivity index (χ3n) is 4.77. The van der Waals surface area contributed by atoms with E-state index in [-0.39, 0.29) is 11.9 Å². The van der Waals surface area contributed by atoms with Crippen molar-refractivity contribution >= 4 is 5.91 Å². The summed E-state index contributed by atoms with van der Waals surface area (Å²) in [6.45, 7) is 6.26. The van der Waals surface area contributed by atoms with Gasteiger partial charge in [-0.25, -0.2) is 0 Å². The molecule has 5 nitrogen and oxygen atoms in total. The van der Waals surface area contributed by atoms with Gasteiger partial charge >= 0.3 is 0 Å². The quantitative estimate of drug-likeness (QED) is 0.690. The molecule has 20 heavy (non-hydrogen) atoms. The van der Waals surface area contributed by atoms with E-state index in [1.54, 1.807) is 0 Å². The van der Waals surface area contributed by atoms with Crippen LogP contribution in [0.15, 0.2) is 0 Å². The molecule has 0 spiro atoms. The number of carbonyl (C=O) groups is 1. The zero-order valence-electron chi connectivity index (χ0n) is 12.4. The van der Waals surface area contributed by atoms with E-state index in [1.165, 1.54) is 19.4 Å². The zero-order chi connectivity index (χ0) is 13.9. The van der Waals surface area contributed by atoms with Crippen LogP contribution in [0.4, 0.5) is 0 Å². The molecular formula is C15H28N4O. The Morgan fingerprint density at radius 3 is 2.40 bits per heavy atom. The minimum Gasteiger partial charge on any atom is -0.353 e. The summed E-state index contributed by atoms with van der Waals surface area (Å²) in [6, 6.07) is 0.674. The van der Waals surface area contributed by atoms with E-state index in [2.05, 4.69) is 15.1 Å². The highest BCUT2D eigenvalue weighted by Crippen LogP contribution is 2.30. The summed E-state index contributed by atoms with van der Waals surface area (Å²) in [4.78, 5) is 16.9. The average Bonchev–Trinajstić information content (AvgIpc) is 3.34. The molecule has 3 fully saturated rings. The third kappa shape index (κ3) is 4.17. The smallest absolute Gasteiger partial charge is 0.221 e. The topological polar surface area (TPSA) is 61.6 Å². The molecular weight excluding hydrogens is 252 g/mol. The lowest BCUT2D eigenvalue weighted by molar-refractivity contribution is -0.122. The number of hydrogen-bond acceptors (Lipinski definition) is 4. The van der Waals surface area contributed by atoms with Crippen molar-refractivity contribution in [2.75, 3.05) is 39.3 Å². The van der Waals surface area contributed by atoms with Gasteiger partial charge in [0.05, 0.1) is 0 Å². The van der Waals surface area contributed by atoms with E-state index in [0.717, 1.165) is 44.9 Å². The Morgan fingerprint density at radius 2 is 1.85 bits per heavy atom. The highest BCUT2D eigenvalue weighted by atomic mass is 16.1. The van der Waals surface area contributed by atoms with Crippen LogP contribution in [-0.4, -0.2) is 67.1 Å². The number of piperazine rings is 1. The number of carbonyl (C=O) groups excluding carboxylic acids is 1. The molecule has 1 unspecified atom stereocenters. The van der Waals surface area contributed by atoms with E-state index >= 15 is 0 Å². The van der Waals surface area contributed by atoms with Crippen LogP contribution in [0.2, 0.25) is 0 Å². The maximum Gasteiger partial charge on any atom is 0.221 e. The Hall–Kier alpha value is -0.650. The van der Waals surface area contributed by atoms with Gasteiger partial charge in [0, 0.05) is 57.8 Å². The molecule has 1 aliphatic heterocycles. The number of nitrogens with one attached hydrogen (secondary N) is 1. The molecule has 0 aromatic carbocycles. The normalized spacial score (nSPS) is 26.4. The molecule has 114 valence electrons. The Balaban J connectivity index is 1.40. The summed E-state index contributed by atoms with van der Waals surface area (Å²) in [7, 11) is 0. The van der Waals surface area contributed by atoms with E-state index in [1.807, 2.05) is 0 Å². The van der Waals surface area contributed by atoms with Gasteiger partial charge in [-0.15, -0.1) is 0 Å². The number of hydrogen-bond donors (Lipinski definition) is 2. The molecule has 2 saturated carbocycles. The van der Waals surface area contributed by atoms with Gasteiger partial charge in [0.15, 0.2) is 0 Å². The fourth-order valence-electron chi connectivity index (χ4n) is 3.07. The molecule has 3 aliphatic rings. The Labute approximate surface area is 121 Å². The molecule has 1 amide bonds. The molecule has 5 heteroatoms. The second-order valence-corrected chi connectivity index (χ2v) is 6.72. The number of amides is 1. The summed E-state index contributed by atoms with van der Waals surface area (Å²) in [5.74, 6) is 1.15. The first-order valence-corrected chi connectivity index (χ1v) is 8.20. The third-order valence-corrected chi connectivity index (χ3v) is 4.77. The van der Waals surface area contributed by atoms with Crippen LogP contribution in [-0.2, 0) is 4.79 Å². The minimum absolute atomic E-state index is 0.184. The molecule has 1 saturated heterocycles. The molecule has 3 rings (SSSR count). The molecule has 1 heterocycles. The van der Waals surface area contributed by atoms with Crippen LogP contribution < -0.4 is 11.1 Å². The predicted molar refractivity (Wildman–Crippen MR) is 79.4 cm³/mol. The first kappa shape index (κ1) is 14.3. The lowest BCUT2D eigenvalue weighted by atomic mass is 10.1. The van der Waals surface area contributed by atoms with Gasteiger partial charge in [-0.3, -0.25) is 9.69 Å². The molecule has 3 N–H and O–H groups in total. The van der Waals surface area contributed by atoms with Gasteiger partial charge < -0.3 is 16.0 Å². The maximum absolute atomic E-state index is 11.9. The fraction of sp³-hybridized carbons (Fsp3) is 0.933. The van der Waals surface area contributed by atoms with Crippen molar-refractivity contribution in [3.8, 4) is 0 Å².